The van der Waals surface area contributed by atoms with Gasteiger partial charge in [-0.3, -0.25) is 4.98 Å². The van der Waals surface area contributed by atoms with Gasteiger partial charge in [-0.25, -0.2) is 4.98 Å². The van der Waals surface area contributed by atoms with Gasteiger partial charge in [-0.1, -0.05) is 62.7 Å². The molecule has 0 bridgehead atoms. The molecule has 4 aromatic heterocycles. The molecule has 1 aliphatic heterocycles. The summed E-state index contributed by atoms with van der Waals surface area (Å²) in [6, 6.07) is 47.2. The van der Waals surface area contributed by atoms with E-state index in [-0.39, 0.29) is 26.5 Å². The fourth-order valence-electron chi connectivity index (χ4n) is 7.20. The van der Waals surface area contributed by atoms with Gasteiger partial charge in [0.05, 0.1) is 5.69 Å². The van der Waals surface area contributed by atoms with E-state index in [0.717, 1.165) is 50.4 Å². The van der Waals surface area contributed by atoms with Gasteiger partial charge in [0, 0.05) is 88.2 Å². The average Bonchev–Trinajstić information content (AvgIpc) is 3.84. The Labute approximate surface area is 326 Å². The van der Waals surface area contributed by atoms with Gasteiger partial charge >= 0.3 is 0 Å². The Morgan fingerprint density at radius 2 is 1.49 bits per heavy atom. The molecule has 8 heteroatoms. The molecule has 0 spiro atoms. The maximum absolute atomic E-state index is 6.52. The summed E-state index contributed by atoms with van der Waals surface area (Å²) in [5, 5.41) is 4.77. The van der Waals surface area contributed by atoms with E-state index in [2.05, 4.69) is 150 Å². The molecule has 0 saturated heterocycles. The molecule has 10 rings (SSSR count). The van der Waals surface area contributed by atoms with Crippen molar-refractivity contribution < 1.29 is 25.8 Å². The summed E-state index contributed by atoms with van der Waals surface area (Å²) in [6.45, 7) is 8.77. The summed E-state index contributed by atoms with van der Waals surface area (Å²) in [7, 11) is 0. The minimum Gasteiger partial charge on any atom is -0.509 e. The van der Waals surface area contributed by atoms with Crippen LogP contribution in [-0.4, -0.2) is 14.5 Å². The van der Waals surface area contributed by atoms with Gasteiger partial charge < -0.3 is 19.1 Å². The number of pyridine rings is 2. The van der Waals surface area contributed by atoms with Crippen molar-refractivity contribution in [3.63, 3.8) is 0 Å². The van der Waals surface area contributed by atoms with Crippen LogP contribution in [-0.2, 0) is 26.5 Å². The molecule has 0 unspecified atom stereocenters. The number of benzene rings is 5. The largest absolute Gasteiger partial charge is 0.509 e. The molecule has 1 aliphatic rings. The number of para-hydroxylation sites is 1. The van der Waals surface area contributed by atoms with Crippen LogP contribution in [0.5, 0.6) is 11.5 Å². The molecule has 9 aromatic rings. The Balaban J connectivity index is 0.00000372. The van der Waals surface area contributed by atoms with Gasteiger partial charge in [0.25, 0.3) is 0 Å². The van der Waals surface area contributed by atoms with Gasteiger partial charge in [0.2, 0.25) is 0 Å². The van der Waals surface area contributed by atoms with Gasteiger partial charge in [-0.05, 0) is 64.9 Å². The van der Waals surface area contributed by atoms with Crippen molar-refractivity contribution in [2.24, 2.45) is 0 Å². The third-order valence-electron chi connectivity index (χ3n) is 9.80. The molecule has 0 atom stereocenters. The zero-order valence-electron chi connectivity index (χ0n) is 29.1. The monoisotopic (exact) mass is 885 g/mol. The smallest absolute Gasteiger partial charge is 0.135 e. The van der Waals surface area contributed by atoms with Crippen molar-refractivity contribution in [1.82, 2.24) is 14.5 Å². The predicted molar refractivity (Wildman–Crippen MR) is 214 cm³/mol. The van der Waals surface area contributed by atoms with E-state index in [4.69, 9.17) is 9.72 Å². The standard InChI is InChI=1S/C45H32N5OS.Pt/c1-45(2,3)29-19-22-47-44(23-29)50-38-13-6-4-11-34(38)35-17-16-33(26-40(35)50)51-32-10-8-9-30(24-32)49-28-48(39-20-21-46-27-41(39)49)31-15-18-43-37(25-31)36-12-5-7-14-42(36)52-43;/h4-23,25,27-28H,1-3H3;/q-3;. The number of nitrogens with zero attached hydrogens (tertiary/aromatic N) is 5. The third-order valence-corrected chi connectivity index (χ3v) is 10.9. The van der Waals surface area contributed by atoms with Crippen LogP contribution in [0.2, 0.25) is 0 Å². The van der Waals surface area contributed by atoms with Crippen molar-refractivity contribution in [2.75, 3.05) is 9.80 Å². The zero-order valence-corrected chi connectivity index (χ0v) is 32.2. The number of aromatic nitrogens is 3. The van der Waals surface area contributed by atoms with Crippen LogP contribution in [0, 0.1) is 18.8 Å². The second-order valence-electron chi connectivity index (χ2n) is 14.1. The SMILES string of the molecule is CC(C)(C)c1ccnc(-n2c3[c-]c(Oc4[c-]c(N5[CH-]N(c6ccc7sc8ccccc8c7c6)c6ccncc65)ccc4)ccc3c3ccccc32)c1.[Pt]. The van der Waals surface area contributed by atoms with Crippen molar-refractivity contribution in [3.05, 3.63) is 158 Å². The number of ether oxygens (including phenoxy) is 1. The fourth-order valence-corrected chi connectivity index (χ4v) is 8.29. The second-order valence-corrected chi connectivity index (χ2v) is 15.2. The minimum absolute atomic E-state index is 0. The van der Waals surface area contributed by atoms with Crippen LogP contribution < -0.4 is 14.5 Å². The van der Waals surface area contributed by atoms with E-state index in [0.29, 0.717) is 11.5 Å². The molecule has 53 heavy (non-hydrogen) atoms. The van der Waals surface area contributed by atoms with Crippen molar-refractivity contribution in [1.29, 1.82) is 0 Å². The molecule has 5 aromatic carbocycles. The van der Waals surface area contributed by atoms with Gasteiger partial charge in [-0.2, -0.15) is 12.1 Å². The van der Waals surface area contributed by atoms with E-state index in [1.165, 1.54) is 25.7 Å². The molecule has 5 heterocycles. The number of hydrogen-bond acceptors (Lipinski definition) is 6. The van der Waals surface area contributed by atoms with E-state index >= 15 is 0 Å². The quantitative estimate of drug-likeness (QED) is 0.161. The van der Waals surface area contributed by atoms with E-state index in [1.807, 2.05) is 54.2 Å². The van der Waals surface area contributed by atoms with Crippen LogP contribution in [0.25, 0.3) is 47.8 Å². The van der Waals surface area contributed by atoms with Crippen LogP contribution in [0.3, 0.4) is 0 Å². The second kappa shape index (κ2) is 12.9. The minimum atomic E-state index is -0.0117. The van der Waals surface area contributed by atoms with Gasteiger partial charge in [0.1, 0.15) is 5.82 Å². The number of fused-ring (bicyclic) bond motifs is 7. The molecule has 0 saturated carbocycles. The number of thiophene rings is 1. The maximum atomic E-state index is 6.52. The fraction of sp³-hybridized carbons (Fsp3) is 0.0889. The first-order chi connectivity index (χ1) is 25.4. The third kappa shape index (κ3) is 5.67. The molecule has 0 N–H and O–H groups in total. The normalized spacial score (nSPS) is 12.9. The number of hydrogen-bond donors (Lipinski definition) is 0. The van der Waals surface area contributed by atoms with Gasteiger partial charge in [-0.15, -0.1) is 59.4 Å². The summed E-state index contributed by atoms with van der Waals surface area (Å²) in [5.74, 6) is 2.04. The topological polar surface area (TPSA) is 46.4 Å². The molecule has 0 radical (unpaired) electrons. The average molecular weight is 886 g/mol. The van der Waals surface area contributed by atoms with Crippen molar-refractivity contribution >= 4 is 76.1 Å². The van der Waals surface area contributed by atoms with E-state index < -0.39 is 0 Å². The summed E-state index contributed by atoms with van der Waals surface area (Å²) in [6.07, 6.45) is 5.63. The first kappa shape index (κ1) is 33.4. The summed E-state index contributed by atoms with van der Waals surface area (Å²) < 4.78 is 11.3. The molecular weight excluding hydrogens is 854 g/mol. The van der Waals surface area contributed by atoms with Crippen LogP contribution >= 0.6 is 11.3 Å². The summed E-state index contributed by atoms with van der Waals surface area (Å²) in [4.78, 5) is 13.6. The van der Waals surface area contributed by atoms with Gasteiger partial charge in [0.15, 0.2) is 0 Å². The number of rotatable bonds is 5. The van der Waals surface area contributed by atoms with Crippen molar-refractivity contribution in [3.8, 4) is 17.3 Å². The Morgan fingerprint density at radius 1 is 0.679 bits per heavy atom. The Morgan fingerprint density at radius 3 is 2.38 bits per heavy atom. The van der Waals surface area contributed by atoms with E-state index in [1.54, 1.807) is 0 Å². The molecule has 0 aliphatic carbocycles. The van der Waals surface area contributed by atoms with Crippen molar-refractivity contribution in [2.45, 2.75) is 26.2 Å². The van der Waals surface area contributed by atoms with Crippen LogP contribution in [0.15, 0.2) is 134 Å². The number of anilines is 4. The Bertz CT molecular complexity index is 2840. The van der Waals surface area contributed by atoms with Crippen LogP contribution in [0.1, 0.15) is 26.3 Å². The molecular formula is C45H32N5OPtS-3. The van der Waals surface area contributed by atoms with Crippen LogP contribution in [0.4, 0.5) is 22.7 Å². The Kier molecular flexibility index (Phi) is 8.10. The zero-order chi connectivity index (χ0) is 35.0. The molecule has 262 valence electrons. The molecule has 0 fully saturated rings. The molecule has 0 amide bonds. The summed E-state index contributed by atoms with van der Waals surface area (Å²) >= 11 is 1.83. The predicted octanol–water partition coefficient (Wildman–Crippen LogP) is 12.0. The van der Waals surface area contributed by atoms with E-state index in [9.17, 15) is 0 Å². The summed E-state index contributed by atoms with van der Waals surface area (Å²) in [5.41, 5.74) is 7.13. The first-order valence-electron chi connectivity index (χ1n) is 17.3. The maximum Gasteiger partial charge on any atom is 0.135 e. The molecule has 6 nitrogen and oxygen atoms in total. The Hall–Kier alpha value is -5.49. The first-order valence-corrected chi connectivity index (χ1v) is 18.1.